The first-order valence-electron chi connectivity index (χ1n) is 5.24. The number of benzene rings is 1. The van der Waals surface area contributed by atoms with Crippen LogP contribution in [0, 0.1) is 0 Å². The summed E-state index contributed by atoms with van der Waals surface area (Å²) in [6, 6.07) is 9.40. The van der Waals surface area contributed by atoms with Crippen molar-refractivity contribution in [1.29, 1.82) is 0 Å². The Bertz CT molecular complexity index is 389. The van der Waals surface area contributed by atoms with Crippen molar-refractivity contribution in [1.82, 2.24) is 5.32 Å². The largest absolute Gasteiger partial charge is 0.460 e. The lowest BCUT2D eigenvalue weighted by Crippen LogP contribution is -2.22. The Labute approximate surface area is 93.6 Å². The van der Waals surface area contributed by atoms with Crippen molar-refractivity contribution >= 4 is 11.9 Å². The molecule has 0 saturated carbocycles. The Kier molecular flexibility index (Phi) is 3.19. The third-order valence-corrected chi connectivity index (χ3v) is 2.43. The molecular weight excluding hydrogens is 206 g/mol. The zero-order valence-electron chi connectivity index (χ0n) is 8.81. The van der Waals surface area contributed by atoms with E-state index in [0.29, 0.717) is 6.54 Å². The number of amides is 1. The summed E-state index contributed by atoms with van der Waals surface area (Å²) in [6.07, 6.45) is 0.232. The number of nitrogens with one attached hydrogen (secondary N) is 1. The third-order valence-electron chi connectivity index (χ3n) is 2.43. The van der Waals surface area contributed by atoms with Gasteiger partial charge in [0.15, 0.2) is 0 Å². The average Bonchev–Trinajstić information content (AvgIpc) is 2.65. The molecule has 0 aliphatic carbocycles. The van der Waals surface area contributed by atoms with Crippen LogP contribution >= 0.6 is 0 Å². The molecule has 0 bridgehead atoms. The van der Waals surface area contributed by atoms with E-state index in [2.05, 4.69) is 5.32 Å². The molecule has 1 N–H and O–H groups in total. The Morgan fingerprint density at radius 2 is 2.12 bits per heavy atom. The van der Waals surface area contributed by atoms with Crippen molar-refractivity contribution in [3.63, 3.8) is 0 Å². The monoisotopic (exact) mass is 219 g/mol. The fourth-order valence-corrected chi connectivity index (χ4v) is 1.65. The molecule has 1 amide bonds. The maximum absolute atomic E-state index is 11.5. The van der Waals surface area contributed by atoms with Crippen molar-refractivity contribution < 1.29 is 14.3 Å². The van der Waals surface area contributed by atoms with Crippen molar-refractivity contribution in [2.24, 2.45) is 0 Å². The van der Waals surface area contributed by atoms with Crippen LogP contribution < -0.4 is 5.32 Å². The van der Waals surface area contributed by atoms with Crippen LogP contribution in [0.1, 0.15) is 12.0 Å². The quantitative estimate of drug-likeness (QED) is 0.760. The summed E-state index contributed by atoms with van der Waals surface area (Å²) in [6.45, 7) is 0.430. The zero-order valence-corrected chi connectivity index (χ0v) is 8.81. The van der Waals surface area contributed by atoms with Crippen LogP contribution in [0.4, 0.5) is 0 Å². The lowest BCUT2D eigenvalue weighted by Gasteiger charge is -2.09. The Hall–Kier alpha value is -1.84. The number of carbonyl (C=O) groups excluding carboxylic acids is 2. The summed E-state index contributed by atoms with van der Waals surface area (Å²) in [4.78, 5) is 22.4. The summed E-state index contributed by atoms with van der Waals surface area (Å²) in [7, 11) is 0. The van der Waals surface area contributed by atoms with E-state index in [-0.39, 0.29) is 30.8 Å². The standard InChI is InChI=1S/C12H13NO3/c14-11-7-10(8-13-11)16-12(15)6-9-4-2-1-3-5-9/h1-5,10H,6-8H2,(H,13,14). The van der Waals surface area contributed by atoms with Gasteiger partial charge in [-0.1, -0.05) is 30.3 Å². The van der Waals surface area contributed by atoms with Crippen LogP contribution in [0.2, 0.25) is 0 Å². The molecule has 4 nitrogen and oxygen atoms in total. The summed E-state index contributed by atoms with van der Waals surface area (Å²) in [5.74, 6) is -0.342. The van der Waals surface area contributed by atoms with E-state index in [1.54, 1.807) is 0 Å². The van der Waals surface area contributed by atoms with Crippen LogP contribution in [-0.2, 0) is 20.7 Å². The van der Waals surface area contributed by atoms with Crippen LogP contribution in [0.15, 0.2) is 30.3 Å². The maximum Gasteiger partial charge on any atom is 0.310 e. The number of ether oxygens (including phenoxy) is 1. The fourth-order valence-electron chi connectivity index (χ4n) is 1.65. The van der Waals surface area contributed by atoms with Gasteiger partial charge in [0.2, 0.25) is 5.91 Å². The van der Waals surface area contributed by atoms with Gasteiger partial charge in [0.05, 0.1) is 19.4 Å². The number of hydrogen-bond acceptors (Lipinski definition) is 3. The van der Waals surface area contributed by atoms with Crippen LogP contribution in [0.25, 0.3) is 0 Å². The Morgan fingerprint density at radius 3 is 2.75 bits per heavy atom. The van der Waals surface area contributed by atoms with Gasteiger partial charge in [0, 0.05) is 0 Å². The molecular formula is C12H13NO3. The normalized spacial score (nSPS) is 19.2. The maximum atomic E-state index is 11.5. The highest BCUT2D eigenvalue weighted by molar-refractivity contribution is 5.80. The summed E-state index contributed by atoms with van der Waals surface area (Å²) in [5.41, 5.74) is 0.921. The topological polar surface area (TPSA) is 55.4 Å². The molecule has 1 unspecified atom stereocenters. The molecule has 0 aromatic heterocycles. The van der Waals surface area contributed by atoms with Gasteiger partial charge in [0.25, 0.3) is 0 Å². The number of esters is 1. The van der Waals surface area contributed by atoms with E-state index in [1.165, 1.54) is 0 Å². The first-order chi connectivity index (χ1) is 7.74. The molecule has 1 aliphatic heterocycles. The SMILES string of the molecule is O=C1CC(OC(=O)Cc2ccccc2)CN1. The molecule has 0 spiro atoms. The fraction of sp³-hybridized carbons (Fsp3) is 0.333. The van der Waals surface area contributed by atoms with Crippen LogP contribution in [0.5, 0.6) is 0 Å². The Balaban J connectivity index is 1.83. The molecule has 2 rings (SSSR count). The van der Waals surface area contributed by atoms with E-state index in [4.69, 9.17) is 4.74 Å². The molecule has 0 radical (unpaired) electrons. The van der Waals surface area contributed by atoms with Gasteiger partial charge in [0.1, 0.15) is 6.10 Å². The lowest BCUT2D eigenvalue weighted by molar-refractivity contribution is -0.147. The van der Waals surface area contributed by atoms with Gasteiger partial charge in [-0.05, 0) is 5.56 Å². The molecule has 1 fully saturated rings. The van der Waals surface area contributed by atoms with Gasteiger partial charge in [-0.3, -0.25) is 9.59 Å². The minimum absolute atomic E-state index is 0.0579. The van der Waals surface area contributed by atoms with Gasteiger partial charge >= 0.3 is 5.97 Å². The highest BCUT2D eigenvalue weighted by atomic mass is 16.5. The highest BCUT2D eigenvalue weighted by Crippen LogP contribution is 2.07. The van der Waals surface area contributed by atoms with Gasteiger partial charge in [-0.15, -0.1) is 0 Å². The second kappa shape index (κ2) is 4.79. The van der Waals surface area contributed by atoms with Crippen molar-refractivity contribution in [3.05, 3.63) is 35.9 Å². The first-order valence-corrected chi connectivity index (χ1v) is 5.24. The minimum Gasteiger partial charge on any atom is -0.460 e. The Morgan fingerprint density at radius 1 is 1.38 bits per heavy atom. The van der Waals surface area contributed by atoms with Crippen LogP contribution in [0.3, 0.4) is 0 Å². The number of rotatable bonds is 3. The van der Waals surface area contributed by atoms with E-state index < -0.39 is 0 Å². The van der Waals surface area contributed by atoms with Gasteiger partial charge in [-0.25, -0.2) is 0 Å². The summed E-state index contributed by atoms with van der Waals surface area (Å²) < 4.78 is 5.16. The molecule has 1 heterocycles. The smallest absolute Gasteiger partial charge is 0.310 e. The van der Waals surface area contributed by atoms with E-state index in [0.717, 1.165) is 5.56 Å². The predicted molar refractivity (Wildman–Crippen MR) is 57.7 cm³/mol. The zero-order chi connectivity index (χ0) is 11.4. The molecule has 4 heteroatoms. The second-order valence-corrected chi connectivity index (χ2v) is 3.78. The second-order valence-electron chi connectivity index (χ2n) is 3.78. The van der Waals surface area contributed by atoms with Crippen molar-refractivity contribution in [2.75, 3.05) is 6.54 Å². The molecule has 16 heavy (non-hydrogen) atoms. The van der Waals surface area contributed by atoms with E-state index >= 15 is 0 Å². The first kappa shape index (κ1) is 10.7. The van der Waals surface area contributed by atoms with E-state index in [9.17, 15) is 9.59 Å². The van der Waals surface area contributed by atoms with E-state index in [1.807, 2.05) is 30.3 Å². The highest BCUT2D eigenvalue weighted by Gasteiger charge is 2.24. The molecule has 1 atom stereocenters. The molecule has 1 saturated heterocycles. The van der Waals surface area contributed by atoms with Crippen molar-refractivity contribution in [3.8, 4) is 0 Å². The molecule has 84 valence electrons. The molecule has 1 aliphatic rings. The predicted octanol–water partition coefficient (Wildman–Crippen LogP) is 0.661. The average molecular weight is 219 g/mol. The van der Waals surface area contributed by atoms with Crippen molar-refractivity contribution in [2.45, 2.75) is 18.9 Å². The van der Waals surface area contributed by atoms with Gasteiger partial charge in [-0.2, -0.15) is 0 Å². The third kappa shape index (κ3) is 2.82. The number of carbonyl (C=O) groups is 2. The summed E-state index contributed by atoms with van der Waals surface area (Å²) >= 11 is 0. The minimum atomic E-state index is -0.302. The molecule has 1 aromatic rings. The van der Waals surface area contributed by atoms with Gasteiger partial charge < -0.3 is 10.1 Å². The molecule has 1 aromatic carbocycles. The number of hydrogen-bond donors (Lipinski definition) is 1. The summed E-state index contributed by atoms with van der Waals surface area (Å²) in [5, 5.41) is 2.62. The van der Waals surface area contributed by atoms with Crippen LogP contribution in [-0.4, -0.2) is 24.5 Å². The lowest BCUT2D eigenvalue weighted by atomic mass is 10.1.